The van der Waals surface area contributed by atoms with Gasteiger partial charge in [0.05, 0.1) is 0 Å². The molecule has 0 bridgehead atoms. The Kier molecular flexibility index (Phi) is 4.74. The molecule has 1 aliphatic rings. The third-order valence-corrected chi connectivity index (χ3v) is 3.25. The van der Waals surface area contributed by atoms with Crippen molar-refractivity contribution in [3.63, 3.8) is 0 Å². The molecular formula is C11H20N2O4. The Balaban J connectivity index is 2.24. The number of nitrogens with zero attached hydrogens (tertiary/aromatic N) is 1. The number of amides is 2. The highest BCUT2D eigenvalue weighted by atomic mass is 16.4. The fraction of sp³-hybridized carbons (Fsp3) is 0.818. The van der Waals surface area contributed by atoms with Crippen LogP contribution in [0.25, 0.3) is 0 Å². The van der Waals surface area contributed by atoms with Crippen LogP contribution in [-0.2, 0) is 4.79 Å². The van der Waals surface area contributed by atoms with E-state index in [4.69, 9.17) is 10.2 Å². The maximum Gasteiger partial charge on any atom is 0.332 e. The van der Waals surface area contributed by atoms with Gasteiger partial charge in [-0.05, 0) is 11.8 Å². The zero-order valence-corrected chi connectivity index (χ0v) is 10.2. The molecule has 1 saturated heterocycles. The number of nitrogens with one attached hydrogen (secondary N) is 1. The molecule has 2 unspecified atom stereocenters. The first kappa shape index (κ1) is 13.8. The summed E-state index contributed by atoms with van der Waals surface area (Å²) in [5.41, 5.74) is 0. The van der Waals surface area contributed by atoms with Crippen LogP contribution < -0.4 is 5.32 Å². The number of urea groups is 1. The zero-order chi connectivity index (χ0) is 13.0. The van der Waals surface area contributed by atoms with Crippen molar-refractivity contribution in [2.75, 3.05) is 19.6 Å². The van der Waals surface area contributed by atoms with Crippen molar-refractivity contribution in [3.05, 3.63) is 0 Å². The normalized spacial score (nSPS) is 25.7. The lowest BCUT2D eigenvalue weighted by Gasteiger charge is -2.17. The first-order valence-electron chi connectivity index (χ1n) is 5.85. The van der Waals surface area contributed by atoms with Gasteiger partial charge in [0.1, 0.15) is 0 Å². The van der Waals surface area contributed by atoms with Gasteiger partial charge in [0.2, 0.25) is 0 Å². The number of aliphatic hydroxyl groups excluding tert-OH is 1. The van der Waals surface area contributed by atoms with E-state index in [1.165, 1.54) is 0 Å². The molecule has 6 heteroatoms. The van der Waals surface area contributed by atoms with E-state index < -0.39 is 12.1 Å². The Morgan fingerprint density at radius 1 is 1.35 bits per heavy atom. The lowest BCUT2D eigenvalue weighted by Crippen LogP contribution is -2.40. The highest BCUT2D eigenvalue weighted by molar-refractivity contribution is 5.75. The van der Waals surface area contributed by atoms with Crippen molar-refractivity contribution in [2.24, 2.45) is 11.8 Å². The topological polar surface area (TPSA) is 89.9 Å². The minimum absolute atomic E-state index is 0.0278. The summed E-state index contributed by atoms with van der Waals surface area (Å²) in [7, 11) is 0. The van der Waals surface area contributed by atoms with Crippen molar-refractivity contribution >= 4 is 12.0 Å². The van der Waals surface area contributed by atoms with Crippen LogP contribution in [0.15, 0.2) is 0 Å². The molecule has 1 heterocycles. The molecule has 0 radical (unpaired) electrons. The lowest BCUT2D eigenvalue weighted by atomic mass is 10.0. The molecular weight excluding hydrogens is 224 g/mol. The van der Waals surface area contributed by atoms with Crippen molar-refractivity contribution < 1.29 is 19.8 Å². The van der Waals surface area contributed by atoms with E-state index in [0.29, 0.717) is 11.8 Å². The Morgan fingerprint density at radius 2 is 1.88 bits per heavy atom. The molecule has 6 nitrogen and oxygen atoms in total. The van der Waals surface area contributed by atoms with Gasteiger partial charge in [-0.3, -0.25) is 0 Å². The van der Waals surface area contributed by atoms with Crippen LogP contribution >= 0.6 is 0 Å². The van der Waals surface area contributed by atoms with Gasteiger partial charge in [0.25, 0.3) is 0 Å². The average molecular weight is 244 g/mol. The second-order valence-electron chi connectivity index (χ2n) is 4.73. The highest BCUT2D eigenvalue weighted by Gasteiger charge is 2.29. The number of rotatable bonds is 4. The van der Waals surface area contributed by atoms with Crippen LogP contribution in [0.5, 0.6) is 0 Å². The van der Waals surface area contributed by atoms with Crippen LogP contribution in [0.1, 0.15) is 20.3 Å². The number of carboxylic acid groups (broad SMARTS) is 1. The molecule has 17 heavy (non-hydrogen) atoms. The van der Waals surface area contributed by atoms with Gasteiger partial charge >= 0.3 is 12.0 Å². The minimum atomic E-state index is -1.41. The second-order valence-corrected chi connectivity index (χ2v) is 4.73. The summed E-state index contributed by atoms with van der Waals surface area (Å²) in [4.78, 5) is 23.7. The summed E-state index contributed by atoms with van der Waals surface area (Å²) in [6, 6.07) is -0.182. The van der Waals surface area contributed by atoms with Crippen LogP contribution in [0, 0.1) is 11.8 Å². The fourth-order valence-corrected chi connectivity index (χ4v) is 1.85. The summed E-state index contributed by atoms with van der Waals surface area (Å²) in [6.45, 7) is 5.84. The minimum Gasteiger partial charge on any atom is -0.479 e. The monoisotopic (exact) mass is 244 g/mol. The number of carboxylic acids is 1. The van der Waals surface area contributed by atoms with Crippen LogP contribution in [0.4, 0.5) is 4.79 Å². The van der Waals surface area contributed by atoms with E-state index in [2.05, 4.69) is 19.2 Å². The maximum absolute atomic E-state index is 11.7. The third-order valence-electron chi connectivity index (χ3n) is 3.25. The zero-order valence-electron chi connectivity index (χ0n) is 10.2. The van der Waals surface area contributed by atoms with Crippen molar-refractivity contribution in [2.45, 2.75) is 26.4 Å². The van der Waals surface area contributed by atoms with Crippen LogP contribution in [0.2, 0.25) is 0 Å². The Bertz CT molecular complexity index is 285. The summed E-state index contributed by atoms with van der Waals surface area (Å²) in [6.07, 6.45) is -1.38. The summed E-state index contributed by atoms with van der Waals surface area (Å²) in [5, 5.41) is 20.1. The van der Waals surface area contributed by atoms with Gasteiger partial charge in [0, 0.05) is 26.1 Å². The fourth-order valence-electron chi connectivity index (χ4n) is 1.85. The van der Waals surface area contributed by atoms with Crippen LogP contribution in [-0.4, -0.2) is 52.9 Å². The molecule has 3 N–H and O–H groups in total. The van der Waals surface area contributed by atoms with E-state index in [9.17, 15) is 9.59 Å². The first-order valence-corrected chi connectivity index (χ1v) is 5.85. The predicted octanol–water partition coefficient (Wildman–Crippen LogP) is 0.119. The highest BCUT2D eigenvalue weighted by Crippen LogP contribution is 2.21. The SMILES string of the molecule is CC1CN(C(=O)NCC[C@H](O)C(=O)O)CC1C. The summed E-state index contributed by atoms with van der Waals surface area (Å²) in [5.74, 6) is -0.279. The van der Waals surface area contributed by atoms with E-state index in [0.717, 1.165) is 13.1 Å². The van der Waals surface area contributed by atoms with Gasteiger partial charge in [-0.25, -0.2) is 9.59 Å². The van der Waals surface area contributed by atoms with E-state index >= 15 is 0 Å². The van der Waals surface area contributed by atoms with Crippen LogP contribution in [0.3, 0.4) is 0 Å². The van der Waals surface area contributed by atoms with Gasteiger partial charge in [-0.15, -0.1) is 0 Å². The number of likely N-dealkylation sites (tertiary alicyclic amines) is 1. The Labute approximate surface area is 101 Å². The smallest absolute Gasteiger partial charge is 0.332 e. The number of carbonyl (C=O) groups excluding carboxylic acids is 1. The van der Waals surface area contributed by atoms with Crippen molar-refractivity contribution in [1.29, 1.82) is 0 Å². The summed E-state index contributed by atoms with van der Waals surface area (Å²) >= 11 is 0. The first-order chi connectivity index (χ1) is 7.91. The molecule has 0 spiro atoms. The molecule has 0 saturated carbocycles. The third kappa shape index (κ3) is 3.89. The number of carbonyl (C=O) groups is 2. The van der Waals surface area contributed by atoms with E-state index in [1.54, 1.807) is 4.90 Å². The van der Waals surface area contributed by atoms with E-state index in [-0.39, 0.29) is 19.0 Å². The van der Waals surface area contributed by atoms with Gasteiger partial charge in [0.15, 0.2) is 6.10 Å². The molecule has 98 valence electrons. The maximum atomic E-state index is 11.7. The summed E-state index contributed by atoms with van der Waals surface area (Å²) < 4.78 is 0. The molecule has 3 atom stereocenters. The van der Waals surface area contributed by atoms with Crippen molar-refractivity contribution in [3.8, 4) is 0 Å². The molecule has 0 aromatic rings. The van der Waals surface area contributed by atoms with Gasteiger partial charge < -0.3 is 20.4 Å². The van der Waals surface area contributed by atoms with Crippen molar-refractivity contribution in [1.82, 2.24) is 10.2 Å². The largest absolute Gasteiger partial charge is 0.479 e. The molecule has 1 rings (SSSR count). The quantitative estimate of drug-likeness (QED) is 0.655. The Morgan fingerprint density at radius 3 is 2.35 bits per heavy atom. The predicted molar refractivity (Wildman–Crippen MR) is 61.6 cm³/mol. The number of aliphatic carboxylic acids is 1. The second kappa shape index (κ2) is 5.86. The molecule has 1 fully saturated rings. The Hall–Kier alpha value is -1.30. The number of hydrogen-bond acceptors (Lipinski definition) is 3. The molecule has 0 aromatic carbocycles. The molecule has 0 aromatic heterocycles. The number of hydrogen-bond donors (Lipinski definition) is 3. The standard InChI is InChI=1S/C11H20N2O4/c1-7-5-13(6-8(7)2)11(17)12-4-3-9(14)10(15)16/h7-9,14H,3-6H2,1-2H3,(H,12,17)(H,15,16)/t7?,8?,9-/m0/s1. The molecule has 2 amide bonds. The molecule has 0 aliphatic carbocycles. The van der Waals surface area contributed by atoms with Gasteiger partial charge in [-0.2, -0.15) is 0 Å². The average Bonchev–Trinajstić information content (AvgIpc) is 2.59. The number of aliphatic hydroxyl groups is 1. The van der Waals surface area contributed by atoms with Gasteiger partial charge in [-0.1, -0.05) is 13.8 Å². The molecule has 1 aliphatic heterocycles. The lowest BCUT2D eigenvalue weighted by molar-refractivity contribution is -0.146. The van der Waals surface area contributed by atoms with E-state index in [1.807, 2.05) is 0 Å².